The van der Waals surface area contributed by atoms with Crippen LogP contribution in [-0.4, -0.2) is 28.1 Å². The first-order chi connectivity index (χ1) is 9.97. The van der Waals surface area contributed by atoms with Crippen molar-refractivity contribution < 1.29 is 14.8 Å². The molecule has 0 heterocycles. The van der Waals surface area contributed by atoms with E-state index >= 15 is 0 Å². The normalized spacial score (nSPS) is 17.2. The quantitative estimate of drug-likeness (QED) is 0.658. The predicted octanol–water partition coefficient (Wildman–Crippen LogP) is 2.33. The number of aliphatic hydroxyl groups excluding tert-OH is 1. The van der Waals surface area contributed by atoms with Gasteiger partial charge in [0, 0.05) is 17.2 Å². The van der Waals surface area contributed by atoms with Crippen LogP contribution in [0.5, 0.6) is 0 Å². The number of benzene rings is 1. The molecule has 2 N–H and O–H groups in total. The fourth-order valence-electron chi connectivity index (χ4n) is 2.87. The number of aryl methyl sites for hydroxylation is 1. The van der Waals surface area contributed by atoms with E-state index in [0.29, 0.717) is 11.1 Å². The molecule has 0 aromatic heterocycles. The van der Waals surface area contributed by atoms with E-state index in [1.165, 1.54) is 18.2 Å². The second-order valence-electron chi connectivity index (χ2n) is 5.71. The molecule has 1 amide bonds. The van der Waals surface area contributed by atoms with Gasteiger partial charge in [-0.25, -0.2) is 0 Å². The van der Waals surface area contributed by atoms with Crippen LogP contribution in [0.3, 0.4) is 0 Å². The number of carbonyl (C=O) groups excluding carboxylic acids is 1. The minimum absolute atomic E-state index is 0.00101. The Hall–Kier alpha value is -1.95. The Bertz CT molecular complexity index is 551. The summed E-state index contributed by atoms with van der Waals surface area (Å²) < 4.78 is 0. The molecule has 6 heteroatoms. The van der Waals surface area contributed by atoms with E-state index in [1.54, 1.807) is 6.92 Å². The number of nitrogens with one attached hydrogen (secondary N) is 1. The summed E-state index contributed by atoms with van der Waals surface area (Å²) in [5.74, 6) is -0.288. The highest BCUT2D eigenvalue weighted by Crippen LogP contribution is 2.28. The number of rotatable bonds is 4. The minimum atomic E-state index is -0.551. The molecule has 1 aliphatic rings. The van der Waals surface area contributed by atoms with E-state index in [-0.39, 0.29) is 18.2 Å². The molecular formula is C15H20N2O4. The summed E-state index contributed by atoms with van der Waals surface area (Å²) in [6.07, 6.45) is 4.62. The van der Waals surface area contributed by atoms with Crippen molar-refractivity contribution in [2.75, 3.05) is 6.61 Å². The van der Waals surface area contributed by atoms with E-state index in [2.05, 4.69) is 5.32 Å². The van der Waals surface area contributed by atoms with Gasteiger partial charge in [-0.2, -0.15) is 0 Å². The molecule has 0 bridgehead atoms. The third-order valence-electron chi connectivity index (χ3n) is 4.15. The largest absolute Gasteiger partial charge is 0.394 e. The Labute approximate surface area is 123 Å². The van der Waals surface area contributed by atoms with Crippen molar-refractivity contribution in [1.29, 1.82) is 0 Å². The maximum Gasteiger partial charge on any atom is 0.272 e. The lowest BCUT2D eigenvalue weighted by Crippen LogP contribution is -2.52. The highest BCUT2D eigenvalue weighted by atomic mass is 16.6. The SMILES string of the molecule is Cc1cc(C(=O)NC2(CO)CCCCC2)ccc1[N+](=O)[O-]. The van der Waals surface area contributed by atoms with Gasteiger partial charge in [-0.15, -0.1) is 0 Å². The molecule has 21 heavy (non-hydrogen) atoms. The number of hydrogen-bond donors (Lipinski definition) is 2. The molecule has 114 valence electrons. The predicted molar refractivity (Wildman–Crippen MR) is 78.2 cm³/mol. The molecule has 0 saturated heterocycles. The molecule has 1 saturated carbocycles. The lowest BCUT2D eigenvalue weighted by atomic mass is 9.82. The van der Waals surface area contributed by atoms with Crippen LogP contribution in [0.15, 0.2) is 18.2 Å². The molecule has 1 aromatic carbocycles. The monoisotopic (exact) mass is 292 g/mol. The van der Waals surface area contributed by atoms with Gasteiger partial charge in [0.15, 0.2) is 0 Å². The number of hydrogen-bond acceptors (Lipinski definition) is 4. The summed E-state index contributed by atoms with van der Waals surface area (Å²) in [6, 6.07) is 4.31. The molecule has 1 fully saturated rings. The molecule has 1 aliphatic carbocycles. The van der Waals surface area contributed by atoms with Crippen molar-refractivity contribution in [2.24, 2.45) is 0 Å². The Morgan fingerprint density at radius 3 is 2.57 bits per heavy atom. The summed E-state index contributed by atoms with van der Waals surface area (Å²) in [5.41, 5.74) is 0.289. The van der Waals surface area contributed by atoms with E-state index in [1.807, 2.05) is 0 Å². The average molecular weight is 292 g/mol. The van der Waals surface area contributed by atoms with Crippen LogP contribution in [0.1, 0.15) is 48.0 Å². The zero-order valence-corrected chi connectivity index (χ0v) is 12.1. The van der Waals surface area contributed by atoms with Gasteiger partial charge in [-0.1, -0.05) is 19.3 Å². The van der Waals surface area contributed by atoms with Crippen LogP contribution >= 0.6 is 0 Å². The van der Waals surface area contributed by atoms with Crippen LogP contribution in [0.2, 0.25) is 0 Å². The fourth-order valence-corrected chi connectivity index (χ4v) is 2.87. The molecule has 2 rings (SSSR count). The first-order valence-electron chi connectivity index (χ1n) is 7.16. The summed E-state index contributed by atoms with van der Waals surface area (Å²) in [7, 11) is 0. The van der Waals surface area contributed by atoms with E-state index < -0.39 is 10.5 Å². The van der Waals surface area contributed by atoms with Gasteiger partial charge in [0.2, 0.25) is 0 Å². The second-order valence-corrected chi connectivity index (χ2v) is 5.71. The summed E-state index contributed by atoms with van der Waals surface area (Å²) in [5, 5.41) is 23.3. The molecule has 6 nitrogen and oxygen atoms in total. The number of carbonyl (C=O) groups is 1. The maximum atomic E-state index is 12.3. The summed E-state index contributed by atoms with van der Waals surface area (Å²) in [6.45, 7) is 1.53. The number of nitrogens with zero attached hydrogens (tertiary/aromatic N) is 1. The highest BCUT2D eigenvalue weighted by molar-refractivity contribution is 5.95. The number of nitro benzene ring substituents is 1. The first kappa shape index (κ1) is 15.4. The minimum Gasteiger partial charge on any atom is -0.394 e. The molecule has 0 spiro atoms. The smallest absolute Gasteiger partial charge is 0.272 e. The maximum absolute atomic E-state index is 12.3. The molecule has 0 radical (unpaired) electrons. The highest BCUT2D eigenvalue weighted by Gasteiger charge is 2.33. The number of nitro groups is 1. The van der Waals surface area contributed by atoms with Gasteiger partial charge in [0.1, 0.15) is 0 Å². The number of aliphatic hydroxyl groups is 1. The van der Waals surface area contributed by atoms with Crippen molar-refractivity contribution in [3.63, 3.8) is 0 Å². The van der Waals surface area contributed by atoms with Crippen LogP contribution < -0.4 is 5.32 Å². The van der Waals surface area contributed by atoms with E-state index in [0.717, 1.165) is 32.1 Å². The van der Waals surface area contributed by atoms with Gasteiger partial charge in [-0.3, -0.25) is 14.9 Å². The van der Waals surface area contributed by atoms with Crippen LogP contribution in [0.25, 0.3) is 0 Å². The lowest BCUT2D eigenvalue weighted by molar-refractivity contribution is -0.385. The van der Waals surface area contributed by atoms with Crippen LogP contribution in [-0.2, 0) is 0 Å². The first-order valence-corrected chi connectivity index (χ1v) is 7.16. The summed E-state index contributed by atoms with van der Waals surface area (Å²) in [4.78, 5) is 22.6. The van der Waals surface area contributed by atoms with Crippen molar-refractivity contribution in [3.05, 3.63) is 39.4 Å². The third-order valence-corrected chi connectivity index (χ3v) is 4.15. The van der Waals surface area contributed by atoms with Crippen LogP contribution in [0, 0.1) is 17.0 Å². The molecule has 0 unspecified atom stereocenters. The van der Waals surface area contributed by atoms with Crippen molar-refractivity contribution >= 4 is 11.6 Å². The van der Waals surface area contributed by atoms with E-state index in [9.17, 15) is 20.0 Å². The summed E-state index contributed by atoms with van der Waals surface area (Å²) >= 11 is 0. The second kappa shape index (κ2) is 6.22. The molecular weight excluding hydrogens is 272 g/mol. The topological polar surface area (TPSA) is 92.5 Å². The third kappa shape index (κ3) is 3.39. The van der Waals surface area contributed by atoms with Gasteiger partial charge in [0.05, 0.1) is 17.1 Å². The fraction of sp³-hybridized carbons (Fsp3) is 0.533. The van der Waals surface area contributed by atoms with Gasteiger partial charge >= 0.3 is 0 Å². The zero-order chi connectivity index (χ0) is 15.5. The number of amides is 1. The van der Waals surface area contributed by atoms with Gasteiger partial charge < -0.3 is 10.4 Å². The van der Waals surface area contributed by atoms with Crippen molar-refractivity contribution in [3.8, 4) is 0 Å². The Balaban J connectivity index is 2.16. The molecule has 0 atom stereocenters. The van der Waals surface area contributed by atoms with Gasteiger partial charge in [-0.05, 0) is 31.9 Å². The van der Waals surface area contributed by atoms with Crippen molar-refractivity contribution in [2.45, 2.75) is 44.6 Å². The van der Waals surface area contributed by atoms with E-state index in [4.69, 9.17) is 0 Å². The Morgan fingerprint density at radius 1 is 1.38 bits per heavy atom. The molecule has 0 aliphatic heterocycles. The van der Waals surface area contributed by atoms with Crippen molar-refractivity contribution in [1.82, 2.24) is 5.32 Å². The van der Waals surface area contributed by atoms with Gasteiger partial charge in [0.25, 0.3) is 11.6 Å². The Kier molecular flexibility index (Phi) is 4.57. The van der Waals surface area contributed by atoms with Crippen LogP contribution in [0.4, 0.5) is 5.69 Å². The standard InChI is InChI=1S/C15H20N2O4/c1-11-9-12(5-6-13(11)17(20)21)14(19)16-15(10-18)7-3-2-4-8-15/h5-6,9,18H,2-4,7-8,10H2,1H3,(H,16,19). The lowest BCUT2D eigenvalue weighted by Gasteiger charge is -2.36. The Morgan fingerprint density at radius 2 is 2.05 bits per heavy atom. The molecule has 1 aromatic rings. The average Bonchev–Trinajstić information content (AvgIpc) is 2.47. The zero-order valence-electron chi connectivity index (χ0n) is 12.1.